The molecular formula is C18H35Cl2N3O. The second-order valence-electron chi connectivity index (χ2n) is 7.86. The molecule has 3 fully saturated rings. The van der Waals surface area contributed by atoms with Gasteiger partial charge >= 0.3 is 0 Å². The molecular weight excluding hydrogens is 345 g/mol. The summed E-state index contributed by atoms with van der Waals surface area (Å²) < 4.78 is 0. The third-order valence-electron chi connectivity index (χ3n) is 6.24. The molecule has 3 rings (SSSR count). The van der Waals surface area contributed by atoms with Crippen molar-refractivity contribution in [1.29, 1.82) is 0 Å². The highest BCUT2D eigenvalue weighted by molar-refractivity contribution is 5.85. The minimum Gasteiger partial charge on any atom is -0.340 e. The zero-order valence-electron chi connectivity index (χ0n) is 15.2. The van der Waals surface area contributed by atoms with Crippen molar-refractivity contribution in [2.45, 2.75) is 52.0 Å². The molecule has 1 saturated carbocycles. The third-order valence-corrected chi connectivity index (χ3v) is 6.24. The number of piperazine rings is 1. The van der Waals surface area contributed by atoms with Crippen molar-refractivity contribution >= 4 is 30.7 Å². The molecule has 0 bridgehead atoms. The number of rotatable bonds is 3. The van der Waals surface area contributed by atoms with Crippen LogP contribution in [-0.4, -0.2) is 61.0 Å². The van der Waals surface area contributed by atoms with Gasteiger partial charge in [0, 0.05) is 38.8 Å². The highest BCUT2D eigenvalue weighted by Gasteiger charge is 2.32. The zero-order chi connectivity index (χ0) is 15.5. The van der Waals surface area contributed by atoms with Gasteiger partial charge in [0.15, 0.2) is 0 Å². The van der Waals surface area contributed by atoms with Crippen molar-refractivity contribution in [2.75, 3.05) is 39.3 Å². The van der Waals surface area contributed by atoms with Gasteiger partial charge in [0.25, 0.3) is 0 Å². The maximum absolute atomic E-state index is 12.5. The van der Waals surface area contributed by atoms with E-state index in [2.05, 4.69) is 29.0 Å². The Balaban J connectivity index is 0.00000144. The number of carbonyl (C=O) groups excluding carboxylic acids is 1. The van der Waals surface area contributed by atoms with Crippen molar-refractivity contribution in [3.05, 3.63) is 0 Å². The summed E-state index contributed by atoms with van der Waals surface area (Å²) in [4.78, 5) is 17.2. The van der Waals surface area contributed by atoms with E-state index in [4.69, 9.17) is 0 Å². The summed E-state index contributed by atoms with van der Waals surface area (Å²) in [5, 5.41) is 3.31. The molecule has 1 N–H and O–H groups in total. The predicted molar refractivity (Wildman–Crippen MR) is 104 cm³/mol. The highest BCUT2D eigenvalue weighted by atomic mass is 35.5. The van der Waals surface area contributed by atoms with Gasteiger partial charge < -0.3 is 10.2 Å². The smallest absolute Gasteiger partial charge is 0.227 e. The van der Waals surface area contributed by atoms with E-state index in [1.54, 1.807) is 0 Å². The molecule has 0 spiro atoms. The average molecular weight is 380 g/mol. The number of nitrogens with one attached hydrogen (secondary N) is 1. The van der Waals surface area contributed by atoms with Crippen LogP contribution >= 0.6 is 24.8 Å². The van der Waals surface area contributed by atoms with Gasteiger partial charge in [0.2, 0.25) is 5.91 Å². The fourth-order valence-corrected chi connectivity index (χ4v) is 4.56. The summed E-state index contributed by atoms with van der Waals surface area (Å²) in [5.74, 6) is 2.42. The van der Waals surface area contributed by atoms with Crippen LogP contribution in [0.1, 0.15) is 46.0 Å². The van der Waals surface area contributed by atoms with Crippen molar-refractivity contribution in [2.24, 2.45) is 17.8 Å². The van der Waals surface area contributed by atoms with Gasteiger partial charge in [-0.05, 0) is 50.5 Å². The Kier molecular flexibility index (Phi) is 9.35. The molecule has 0 aromatic carbocycles. The fraction of sp³-hybridized carbons (Fsp3) is 0.944. The Hall–Kier alpha value is -0.0300. The first-order chi connectivity index (χ1) is 10.6. The van der Waals surface area contributed by atoms with Gasteiger partial charge in [-0.1, -0.05) is 13.8 Å². The van der Waals surface area contributed by atoms with E-state index in [0.29, 0.717) is 5.91 Å². The fourth-order valence-electron chi connectivity index (χ4n) is 4.56. The summed E-state index contributed by atoms with van der Waals surface area (Å²) in [6, 6.07) is 0.778. The average Bonchev–Trinajstić information content (AvgIpc) is 3.09. The molecule has 1 amide bonds. The number of halogens is 2. The summed E-state index contributed by atoms with van der Waals surface area (Å²) in [6.45, 7) is 10.7. The third kappa shape index (κ3) is 5.23. The minimum absolute atomic E-state index is 0. The summed E-state index contributed by atoms with van der Waals surface area (Å²) >= 11 is 0. The van der Waals surface area contributed by atoms with E-state index in [0.717, 1.165) is 63.6 Å². The maximum atomic E-state index is 12.5. The summed E-state index contributed by atoms with van der Waals surface area (Å²) in [5.41, 5.74) is 0. The first kappa shape index (κ1) is 22.0. The normalized spacial score (nSPS) is 31.5. The van der Waals surface area contributed by atoms with E-state index in [-0.39, 0.29) is 30.7 Å². The minimum atomic E-state index is 0. The molecule has 6 heteroatoms. The lowest BCUT2D eigenvalue weighted by Crippen LogP contribution is -2.53. The number of hydrogen-bond acceptors (Lipinski definition) is 3. The molecule has 0 aromatic rings. The van der Waals surface area contributed by atoms with Crippen LogP contribution in [0.3, 0.4) is 0 Å². The van der Waals surface area contributed by atoms with Crippen molar-refractivity contribution in [1.82, 2.24) is 15.1 Å². The molecule has 2 aliphatic heterocycles. The van der Waals surface area contributed by atoms with Crippen molar-refractivity contribution in [3.8, 4) is 0 Å². The highest BCUT2D eigenvalue weighted by Crippen LogP contribution is 2.32. The summed E-state index contributed by atoms with van der Waals surface area (Å²) in [7, 11) is 0. The predicted octanol–water partition coefficient (Wildman–Crippen LogP) is 2.80. The molecule has 2 saturated heterocycles. The molecule has 3 aliphatic rings. The number of amides is 1. The Morgan fingerprint density at radius 2 is 1.58 bits per heavy atom. The summed E-state index contributed by atoms with van der Waals surface area (Å²) in [6.07, 6.45) is 6.55. The maximum Gasteiger partial charge on any atom is 0.227 e. The molecule has 2 heterocycles. The molecule has 1 unspecified atom stereocenters. The second kappa shape index (κ2) is 10.2. The van der Waals surface area contributed by atoms with Crippen molar-refractivity contribution < 1.29 is 4.79 Å². The standard InChI is InChI=1S/C18H33N3O.2ClH/c1-14(2)15-3-5-17(6-4-15)20-9-11-21(12-10-20)18(22)16-7-8-19-13-16;;/h14-17,19H,3-13H2,1-2H3;2*1H. The molecule has 142 valence electrons. The molecule has 1 aliphatic carbocycles. The Morgan fingerprint density at radius 1 is 0.958 bits per heavy atom. The van der Waals surface area contributed by atoms with Crippen LogP contribution in [0.4, 0.5) is 0 Å². The van der Waals surface area contributed by atoms with Crippen molar-refractivity contribution in [3.63, 3.8) is 0 Å². The van der Waals surface area contributed by atoms with Gasteiger partial charge in [0.1, 0.15) is 0 Å². The van der Waals surface area contributed by atoms with E-state index in [9.17, 15) is 4.79 Å². The van der Waals surface area contributed by atoms with Crippen LogP contribution in [0.2, 0.25) is 0 Å². The molecule has 1 atom stereocenters. The van der Waals surface area contributed by atoms with E-state index in [1.807, 2.05) is 0 Å². The quantitative estimate of drug-likeness (QED) is 0.818. The SMILES string of the molecule is CC(C)C1CCC(N2CCN(C(=O)C3CCNC3)CC2)CC1.Cl.Cl. The number of hydrogen-bond donors (Lipinski definition) is 1. The number of nitrogens with zero attached hydrogens (tertiary/aromatic N) is 2. The van der Waals surface area contributed by atoms with Crippen LogP contribution < -0.4 is 5.32 Å². The van der Waals surface area contributed by atoms with E-state index in [1.165, 1.54) is 25.7 Å². The largest absolute Gasteiger partial charge is 0.340 e. The van der Waals surface area contributed by atoms with Gasteiger partial charge in [-0.15, -0.1) is 24.8 Å². The molecule has 0 aromatic heterocycles. The lowest BCUT2D eigenvalue weighted by molar-refractivity contribution is -0.137. The Bertz CT molecular complexity index is 372. The zero-order valence-corrected chi connectivity index (χ0v) is 16.8. The van der Waals surface area contributed by atoms with Crippen LogP contribution in [0.5, 0.6) is 0 Å². The van der Waals surface area contributed by atoms with E-state index < -0.39 is 0 Å². The van der Waals surface area contributed by atoms with Crippen LogP contribution in [0, 0.1) is 17.8 Å². The monoisotopic (exact) mass is 379 g/mol. The van der Waals surface area contributed by atoms with Gasteiger partial charge in [0.05, 0.1) is 5.92 Å². The first-order valence-electron chi connectivity index (χ1n) is 9.38. The molecule has 0 radical (unpaired) electrons. The molecule has 4 nitrogen and oxygen atoms in total. The van der Waals surface area contributed by atoms with Gasteiger partial charge in [-0.25, -0.2) is 0 Å². The van der Waals surface area contributed by atoms with Crippen LogP contribution in [0.25, 0.3) is 0 Å². The second-order valence-corrected chi connectivity index (χ2v) is 7.86. The van der Waals surface area contributed by atoms with E-state index >= 15 is 0 Å². The molecule has 24 heavy (non-hydrogen) atoms. The Morgan fingerprint density at radius 3 is 2.08 bits per heavy atom. The van der Waals surface area contributed by atoms with Crippen LogP contribution in [0.15, 0.2) is 0 Å². The lowest BCUT2D eigenvalue weighted by atomic mass is 9.79. The number of carbonyl (C=O) groups is 1. The van der Waals surface area contributed by atoms with Gasteiger partial charge in [-0.2, -0.15) is 0 Å². The van der Waals surface area contributed by atoms with Gasteiger partial charge in [-0.3, -0.25) is 9.69 Å². The van der Waals surface area contributed by atoms with Crippen LogP contribution in [-0.2, 0) is 4.79 Å². The Labute approximate surface area is 159 Å². The topological polar surface area (TPSA) is 35.6 Å². The first-order valence-corrected chi connectivity index (χ1v) is 9.38. The lowest BCUT2D eigenvalue weighted by Gasteiger charge is -2.43.